The van der Waals surface area contributed by atoms with Gasteiger partial charge in [-0.05, 0) is 31.5 Å². The number of urea groups is 1. The molecule has 0 radical (unpaired) electrons. The number of unbranched alkanes of at least 4 members (excludes halogenated alkanes) is 1. The van der Waals surface area contributed by atoms with Crippen LogP contribution >= 0.6 is 22.9 Å². The van der Waals surface area contributed by atoms with E-state index in [1.54, 1.807) is 6.20 Å². The van der Waals surface area contributed by atoms with Crippen LogP contribution in [0.2, 0.25) is 4.34 Å². The zero-order chi connectivity index (χ0) is 17.4. The van der Waals surface area contributed by atoms with E-state index in [-0.39, 0.29) is 12.1 Å². The van der Waals surface area contributed by atoms with Gasteiger partial charge in [0.2, 0.25) is 5.88 Å². The van der Waals surface area contributed by atoms with Crippen LogP contribution in [0, 0.1) is 0 Å². The Bertz CT molecular complexity index is 663. The summed E-state index contributed by atoms with van der Waals surface area (Å²) >= 11 is 7.38. The number of ether oxygens (including phenoxy) is 1. The van der Waals surface area contributed by atoms with Gasteiger partial charge in [-0.2, -0.15) is 0 Å². The van der Waals surface area contributed by atoms with E-state index in [1.807, 2.05) is 31.2 Å². The van der Waals surface area contributed by atoms with Crippen LogP contribution in [0.4, 0.5) is 4.79 Å². The van der Waals surface area contributed by atoms with Crippen molar-refractivity contribution >= 4 is 29.0 Å². The molecule has 2 heterocycles. The topological polar surface area (TPSA) is 63.2 Å². The Morgan fingerprint density at radius 2 is 2.25 bits per heavy atom. The maximum atomic E-state index is 12.1. The van der Waals surface area contributed by atoms with Gasteiger partial charge in [-0.3, -0.25) is 0 Å². The number of thiophene rings is 1. The zero-order valence-electron chi connectivity index (χ0n) is 13.8. The first kappa shape index (κ1) is 18.5. The molecular weight excluding hydrogens is 346 g/mol. The van der Waals surface area contributed by atoms with Gasteiger partial charge in [-0.1, -0.05) is 31.0 Å². The van der Waals surface area contributed by atoms with Crippen molar-refractivity contribution in [2.75, 3.05) is 6.61 Å². The summed E-state index contributed by atoms with van der Waals surface area (Å²) in [5.41, 5.74) is 0.857. The Labute approximate surface area is 151 Å². The average Bonchev–Trinajstić information content (AvgIpc) is 3.01. The van der Waals surface area contributed by atoms with Crippen LogP contribution < -0.4 is 15.4 Å². The highest BCUT2D eigenvalue weighted by atomic mass is 35.5. The second kappa shape index (κ2) is 9.49. The van der Waals surface area contributed by atoms with Crippen LogP contribution in [-0.2, 0) is 6.54 Å². The van der Waals surface area contributed by atoms with Crippen LogP contribution in [-0.4, -0.2) is 17.6 Å². The fourth-order valence-electron chi connectivity index (χ4n) is 2.06. The largest absolute Gasteiger partial charge is 0.477 e. The van der Waals surface area contributed by atoms with Gasteiger partial charge >= 0.3 is 6.03 Å². The average molecular weight is 368 g/mol. The number of carbonyl (C=O) groups excluding carboxylic acids is 1. The summed E-state index contributed by atoms with van der Waals surface area (Å²) in [6, 6.07) is 7.13. The molecule has 0 fully saturated rings. The third-order valence-electron chi connectivity index (χ3n) is 3.39. The number of hydrogen-bond acceptors (Lipinski definition) is 4. The van der Waals surface area contributed by atoms with Crippen LogP contribution in [0.1, 0.15) is 43.2 Å². The van der Waals surface area contributed by atoms with Crippen LogP contribution in [0.25, 0.3) is 0 Å². The maximum absolute atomic E-state index is 12.1. The third kappa shape index (κ3) is 5.69. The van der Waals surface area contributed by atoms with Crippen molar-refractivity contribution in [3.05, 3.63) is 45.2 Å². The Morgan fingerprint density at radius 3 is 2.96 bits per heavy atom. The zero-order valence-corrected chi connectivity index (χ0v) is 15.4. The van der Waals surface area contributed by atoms with Gasteiger partial charge in [0.25, 0.3) is 0 Å². The van der Waals surface area contributed by atoms with Gasteiger partial charge in [0.05, 0.1) is 17.0 Å². The normalized spacial score (nSPS) is 11.8. The van der Waals surface area contributed by atoms with E-state index in [9.17, 15) is 4.79 Å². The van der Waals surface area contributed by atoms with Crippen molar-refractivity contribution in [3.63, 3.8) is 0 Å². The van der Waals surface area contributed by atoms with Crippen molar-refractivity contribution in [3.8, 4) is 5.88 Å². The molecule has 2 aromatic rings. The number of halogens is 1. The van der Waals surface area contributed by atoms with Gasteiger partial charge in [0.15, 0.2) is 0 Å². The van der Waals surface area contributed by atoms with Crippen LogP contribution in [0.3, 0.4) is 0 Å². The molecule has 130 valence electrons. The molecule has 2 amide bonds. The van der Waals surface area contributed by atoms with Crippen LogP contribution in [0.5, 0.6) is 5.88 Å². The van der Waals surface area contributed by atoms with E-state index >= 15 is 0 Å². The molecule has 2 aromatic heterocycles. The smallest absolute Gasteiger partial charge is 0.315 e. The molecule has 0 saturated heterocycles. The van der Waals surface area contributed by atoms with Crippen molar-refractivity contribution in [1.82, 2.24) is 15.6 Å². The number of nitrogens with one attached hydrogen (secondary N) is 2. The van der Waals surface area contributed by atoms with E-state index in [0.717, 1.165) is 23.3 Å². The highest BCUT2D eigenvalue weighted by molar-refractivity contribution is 7.16. The summed E-state index contributed by atoms with van der Waals surface area (Å²) < 4.78 is 6.38. The van der Waals surface area contributed by atoms with Gasteiger partial charge < -0.3 is 15.4 Å². The second-order valence-corrected chi connectivity index (χ2v) is 7.11. The highest BCUT2D eigenvalue weighted by Crippen LogP contribution is 2.26. The van der Waals surface area contributed by atoms with E-state index in [4.69, 9.17) is 16.3 Å². The number of carbonyl (C=O) groups is 1. The molecule has 0 aromatic carbocycles. The summed E-state index contributed by atoms with van der Waals surface area (Å²) in [6.07, 6.45) is 3.73. The van der Waals surface area contributed by atoms with Gasteiger partial charge in [-0.15, -0.1) is 11.3 Å². The minimum Gasteiger partial charge on any atom is -0.477 e. The van der Waals surface area contributed by atoms with Crippen molar-refractivity contribution in [1.29, 1.82) is 0 Å². The molecule has 24 heavy (non-hydrogen) atoms. The predicted molar refractivity (Wildman–Crippen MR) is 97.8 cm³/mol. The molecule has 7 heteroatoms. The third-order valence-corrected chi connectivity index (χ3v) is 4.81. The Hall–Kier alpha value is -1.79. The molecule has 2 N–H and O–H groups in total. The summed E-state index contributed by atoms with van der Waals surface area (Å²) in [5.74, 6) is 0.573. The Kier molecular flexibility index (Phi) is 7.34. The Morgan fingerprint density at radius 1 is 1.42 bits per heavy atom. The van der Waals surface area contributed by atoms with Gasteiger partial charge in [0, 0.05) is 23.2 Å². The lowest BCUT2D eigenvalue weighted by atomic mass is 10.2. The number of pyridine rings is 1. The number of amides is 2. The molecule has 0 spiro atoms. The fourth-order valence-corrected chi connectivity index (χ4v) is 3.12. The maximum Gasteiger partial charge on any atom is 0.315 e. The molecule has 0 aliphatic rings. The quantitative estimate of drug-likeness (QED) is 0.673. The van der Waals surface area contributed by atoms with Crippen molar-refractivity contribution in [2.24, 2.45) is 0 Å². The number of nitrogens with zero attached hydrogens (tertiary/aromatic N) is 1. The summed E-state index contributed by atoms with van der Waals surface area (Å²) in [6.45, 7) is 5.02. The summed E-state index contributed by atoms with van der Waals surface area (Å²) in [7, 11) is 0. The standard InChI is InChI=1S/C17H22ClN3O2S/c1-3-4-10-23-16-13(6-5-9-19-16)11-20-17(22)21-12(2)14-7-8-15(18)24-14/h5-9,12H,3-4,10-11H2,1-2H3,(H2,20,21,22). The van der Waals surface area contributed by atoms with E-state index in [1.165, 1.54) is 11.3 Å². The number of rotatable bonds is 8. The lowest BCUT2D eigenvalue weighted by molar-refractivity contribution is 0.237. The number of aromatic nitrogens is 1. The van der Waals surface area contributed by atoms with Gasteiger partial charge in [0.1, 0.15) is 0 Å². The molecule has 0 bridgehead atoms. The molecule has 0 saturated carbocycles. The highest BCUT2D eigenvalue weighted by Gasteiger charge is 2.12. The molecule has 1 unspecified atom stereocenters. The molecular formula is C17H22ClN3O2S. The van der Waals surface area contributed by atoms with E-state index in [0.29, 0.717) is 23.4 Å². The van der Waals surface area contributed by atoms with Crippen molar-refractivity contribution < 1.29 is 9.53 Å². The molecule has 0 aliphatic heterocycles. The van der Waals surface area contributed by atoms with Gasteiger partial charge in [-0.25, -0.2) is 9.78 Å². The molecule has 5 nitrogen and oxygen atoms in total. The summed E-state index contributed by atoms with van der Waals surface area (Å²) in [5, 5.41) is 5.73. The lowest BCUT2D eigenvalue weighted by Crippen LogP contribution is -2.36. The Balaban J connectivity index is 1.85. The second-order valence-electron chi connectivity index (χ2n) is 5.36. The first-order valence-electron chi connectivity index (χ1n) is 7.96. The molecule has 0 aliphatic carbocycles. The monoisotopic (exact) mass is 367 g/mol. The first-order chi connectivity index (χ1) is 11.6. The van der Waals surface area contributed by atoms with Crippen LogP contribution in [0.15, 0.2) is 30.5 Å². The SMILES string of the molecule is CCCCOc1ncccc1CNC(=O)NC(C)c1ccc(Cl)s1. The number of hydrogen-bond donors (Lipinski definition) is 2. The van der Waals surface area contributed by atoms with E-state index < -0.39 is 0 Å². The minimum atomic E-state index is -0.240. The summed E-state index contributed by atoms with van der Waals surface area (Å²) in [4.78, 5) is 17.3. The first-order valence-corrected chi connectivity index (χ1v) is 9.16. The van der Waals surface area contributed by atoms with E-state index in [2.05, 4.69) is 22.5 Å². The molecule has 2 rings (SSSR count). The van der Waals surface area contributed by atoms with Crippen molar-refractivity contribution in [2.45, 2.75) is 39.3 Å². The predicted octanol–water partition coefficient (Wildman–Crippen LogP) is 4.54. The lowest BCUT2D eigenvalue weighted by Gasteiger charge is -2.14. The fraction of sp³-hybridized carbons (Fsp3) is 0.412. The molecule has 1 atom stereocenters. The minimum absolute atomic E-state index is 0.100.